The smallest absolute Gasteiger partial charge is 0.126 e. The van der Waals surface area contributed by atoms with Crippen LogP contribution in [0.1, 0.15) is 29.7 Å². The summed E-state index contributed by atoms with van der Waals surface area (Å²) in [7, 11) is 1.64. The third-order valence-electron chi connectivity index (χ3n) is 3.57. The van der Waals surface area contributed by atoms with Gasteiger partial charge in [0, 0.05) is 23.0 Å². The highest BCUT2D eigenvalue weighted by molar-refractivity contribution is 6.30. The molecular weight excluding hydrogens is 274 g/mol. The molecule has 0 saturated carbocycles. The maximum atomic E-state index is 6.27. The van der Waals surface area contributed by atoms with E-state index in [4.69, 9.17) is 26.8 Å². The van der Waals surface area contributed by atoms with Crippen molar-refractivity contribution in [1.82, 2.24) is 0 Å². The van der Waals surface area contributed by atoms with E-state index in [1.165, 1.54) is 0 Å². The van der Waals surface area contributed by atoms with E-state index in [0.717, 1.165) is 29.0 Å². The summed E-state index contributed by atoms with van der Waals surface area (Å²) in [6.45, 7) is 0. The van der Waals surface area contributed by atoms with Crippen molar-refractivity contribution in [1.29, 1.82) is 0 Å². The number of fused-ring (bicyclic) bond motifs is 1. The summed E-state index contributed by atoms with van der Waals surface area (Å²) in [6.07, 6.45) is 0.658. The first-order valence-corrected chi connectivity index (χ1v) is 6.91. The number of hydrogen-bond donors (Lipinski definition) is 1. The molecular formula is C16H16ClNO2. The Kier molecular flexibility index (Phi) is 3.55. The molecule has 0 bridgehead atoms. The van der Waals surface area contributed by atoms with E-state index in [2.05, 4.69) is 0 Å². The first kappa shape index (κ1) is 13.3. The zero-order valence-electron chi connectivity index (χ0n) is 11.2. The van der Waals surface area contributed by atoms with Crippen molar-refractivity contribution in [3.05, 3.63) is 58.6 Å². The minimum Gasteiger partial charge on any atom is -0.497 e. The van der Waals surface area contributed by atoms with Gasteiger partial charge in [-0.25, -0.2) is 0 Å². The molecule has 0 aliphatic carbocycles. The molecule has 0 spiro atoms. The average Bonchev–Trinajstić information content (AvgIpc) is 2.47. The molecule has 20 heavy (non-hydrogen) atoms. The lowest BCUT2D eigenvalue weighted by atomic mass is 9.93. The summed E-state index contributed by atoms with van der Waals surface area (Å²) in [5, 5.41) is 0.709. The van der Waals surface area contributed by atoms with Gasteiger partial charge < -0.3 is 15.2 Å². The fourth-order valence-corrected chi connectivity index (χ4v) is 2.72. The van der Waals surface area contributed by atoms with Crippen LogP contribution in [0, 0.1) is 0 Å². The van der Waals surface area contributed by atoms with Gasteiger partial charge in [0.1, 0.15) is 17.6 Å². The van der Waals surface area contributed by atoms with Gasteiger partial charge in [-0.05, 0) is 35.9 Å². The van der Waals surface area contributed by atoms with Crippen LogP contribution in [0.15, 0.2) is 42.5 Å². The van der Waals surface area contributed by atoms with Crippen LogP contribution in [-0.4, -0.2) is 7.11 Å². The monoisotopic (exact) mass is 289 g/mol. The van der Waals surface area contributed by atoms with Crippen LogP contribution >= 0.6 is 11.6 Å². The third kappa shape index (κ3) is 2.47. The van der Waals surface area contributed by atoms with Crippen LogP contribution in [0.5, 0.6) is 11.5 Å². The normalized spacial score (nSPS) is 20.9. The van der Waals surface area contributed by atoms with Gasteiger partial charge in [0.15, 0.2) is 0 Å². The van der Waals surface area contributed by atoms with E-state index < -0.39 is 0 Å². The Labute approximate surface area is 123 Å². The van der Waals surface area contributed by atoms with E-state index >= 15 is 0 Å². The maximum Gasteiger partial charge on any atom is 0.126 e. The summed E-state index contributed by atoms with van der Waals surface area (Å²) in [6, 6.07) is 13.4. The first-order chi connectivity index (χ1) is 9.67. The Balaban J connectivity index is 1.93. The number of methoxy groups -OCH3 is 1. The second-order valence-electron chi connectivity index (χ2n) is 4.91. The molecule has 2 aromatic carbocycles. The van der Waals surface area contributed by atoms with E-state index in [-0.39, 0.29) is 12.1 Å². The van der Waals surface area contributed by atoms with Crippen molar-refractivity contribution >= 4 is 11.6 Å². The maximum absolute atomic E-state index is 6.27. The van der Waals surface area contributed by atoms with Gasteiger partial charge in [-0.2, -0.15) is 0 Å². The molecule has 2 N–H and O–H groups in total. The van der Waals surface area contributed by atoms with Gasteiger partial charge in [-0.1, -0.05) is 23.7 Å². The highest BCUT2D eigenvalue weighted by Gasteiger charge is 2.27. The predicted molar refractivity (Wildman–Crippen MR) is 79.4 cm³/mol. The van der Waals surface area contributed by atoms with Gasteiger partial charge in [-0.3, -0.25) is 0 Å². The zero-order valence-corrected chi connectivity index (χ0v) is 11.9. The zero-order chi connectivity index (χ0) is 14.1. The van der Waals surface area contributed by atoms with Crippen molar-refractivity contribution in [2.75, 3.05) is 7.11 Å². The summed E-state index contributed by atoms with van der Waals surface area (Å²) >= 11 is 6.04. The lowest BCUT2D eigenvalue weighted by molar-refractivity contribution is 0.161. The van der Waals surface area contributed by atoms with Crippen LogP contribution in [0.3, 0.4) is 0 Å². The van der Waals surface area contributed by atoms with Crippen LogP contribution in [-0.2, 0) is 0 Å². The number of benzene rings is 2. The Morgan fingerprint density at radius 1 is 1.25 bits per heavy atom. The molecule has 2 aromatic rings. The van der Waals surface area contributed by atoms with Gasteiger partial charge >= 0.3 is 0 Å². The standard InChI is InChI=1S/C16H16ClNO2/c1-19-12-5-6-15-13(8-12)14(18)9-16(20-15)10-3-2-4-11(17)7-10/h2-8,14,16H,9,18H2,1H3/t14-,16?/m0/s1. The van der Waals surface area contributed by atoms with Crippen LogP contribution < -0.4 is 15.2 Å². The first-order valence-electron chi connectivity index (χ1n) is 6.53. The molecule has 4 heteroatoms. The van der Waals surface area contributed by atoms with Gasteiger partial charge in [0.25, 0.3) is 0 Å². The van der Waals surface area contributed by atoms with Gasteiger partial charge in [0.05, 0.1) is 7.11 Å². The lowest BCUT2D eigenvalue weighted by Crippen LogP contribution is -2.24. The second-order valence-corrected chi connectivity index (χ2v) is 5.34. The summed E-state index contributed by atoms with van der Waals surface area (Å²) in [4.78, 5) is 0. The molecule has 1 aliphatic rings. The molecule has 3 rings (SSSR count). The Morgan fingerprint density at radius 2 is 2.10 bits per heavy atom. The fourth-order valence-electron chi connectivity index (χ4n) is 2.52. The molecule has 0 aromatic heterocycles. The van der Waals surface area contributed by atoms with Gasteiger partial charge in [0.2, 0.25) is 0 Å². The highest BCUT2D eigenvalue weighted by Crippen LogP contribution is 2.41. The lowest BCUT2D eigenvalue weighted by Gasteiger charge is -2.31. The van der Waals surface area contributed by atoms with Crippen molar-refractivity contribution in [2.24, 2.45) is 5.73 Å². The number of nitrogens with two attached hydrogens (primary N) is 1. The molecule has 2 atom stereocenters. The van der Waals surface area contributed by atoms with Crippen molar-refractivity contribution < 1.29 is 9.47 Å². The van der Waals surface area contributed by atoms with Crippen LogP contribution in [0.4, 0.5) is 0 Å². The Morgan fingerprint density at radius 3 is 2.85 bits per heavy atom. The molecule has 104 valence electrons. The number of hydrogen-bond acceptors (Lipinski definition) is 3. The molecule has 0 amide bonds. The van der Waals surface area contributed by atoms with E-state index in [1.54, 1.807) is 7.11 Å². The topological polar surface area (TPSA) is 44.5 Å². The Bertz CT molecular complexity index is 630. The largest absolute Gasteiger partial charge is 0.497 e. The predicted octanol–water partition coefficient (Wildman–Crippen LogP) is 3.87. The Hall–Kier alpha value is -1.71. The van der Waals surface area contributed by atoms with E-state index in [0.29, 0.717) is 5.02 Å². The second kappa shape index (κ2) is 5.35. The fraction of sp³-hybridized carbons (Fsp3) is 0.250. The number of halogens is 1. The molecule has 0 saturated heterocycles. The van der Waals surface area contributed by atoms with Gasteiger partial charge in [-0.15, -0.1) is 0 Å². The molecule has 0 radical (unpaired) electrons. The SMILES string of the molecule is COc1ccc2c(c1)[C@@H](N)CC(c1cccc(Cl)c1)O2. The molecule has 1 aliphatic heterocycles. The molecule has 1 unspecified atom stereocenters. The highest BCUT2D eigenvalue weighted by atomic mass is 35.5. The van der Waals surface area contributed by atoms with Crippen molar-refractivity contribution in [2.45, 2.75) is 18.6 Å². The van der Waals surface area contributed by atoms with Crippen LogP contribution in [0.2, 0.25) is 5.02 Å². The quantitative estimate of drug-likeness (QED) is 0.913. The third-order valence-corrected chi connectivity index (χ3v) is 3.81. The average molecular weight is 290 g/mol. The van der Waals surface area contributed by atoms with Crippen molar-refractivity contribution in [3.8, 4) is 11.5 Å². The molecule has 1 heterocycles. The minimum absolute atomic E-state index is 0.0652. The molecule has 3 nitrogen and oxygen atoms in total. The summed E-state index contributed by atoms with van der Waals surface area (Å²) in [5.74, 6) is 1.61. The number of ether oxygens (including phenoxy) is 2. The number of rotatable bonds is 2. The summed E-state index contributed by atoms with van der Waals surface area (Å²) < 4.78 is 11.3. The van der Waals surface area contributed by atoms with Crippen molar-refractivity contribution in [3.63, 3.8) is 0 Å². The summed E-state index contributed by atoms with van der Waals surface area (Å²) in [5.41, 5.74) is 8.31. The minimum atomic E-state index is -0.0715. The van der Waals surface area contributed by atoms with E-state index in [1.807, 2.05) is 42.5 Å². The molecule has 0 fully saturated rings. The van der Waals surface area contributed by atoms with Crippen LogP contribution in [0.25, 0.3) is 0 Å². The van der Waals surface area contributed by atoms with E-state index in [9.17, 15) is 0 Å².